The Hall–Kier alpha value is -2.63. The van der Waals surface area contributed by atoms with E-state index < -0.39 is 6.10 Å². The molecule has 144 valence electrons. The average Bonchev–Trinajstić information content (AvgIpc) is 3.17. The number of likely N-dealkylation sites (tertiary alicyclic amines) is 1. The van der Waals surface area contributed by atoms with Crippen molar-refractivity contribution in [3.63, 3.8) is 0 Å². The van der Waals surface area contributed by atoms with E-state index in [1.807, 2.05) is 24.3 Å². The number of hydrogen-bond donors (Lipinski definition) is 2. The molecule has 0 bridgehead atoms. The summed E-state index contributed by atoms with van der Waals surface area (Å²) in [5.41, 5.74) is 4.43. The van der Waals surface area contributed by atoms with Crippen molar-refractivity contribution in [1.82, 2.24) is 14.8 Å². The highest BCUT2D eigenvalue weighted by Gasteiger charge is 2.35. The largest absolute Gasteiger partial charge is 0.390 e. The van der Waals surface area contributed by atoms with Gasteiger partial charge in [0, 0.05) is 49.3 Å². The number of para-hydroxylation sites is 1. The molecule has 2 aliphatic rings. The molecule has 3 heterocycles. The van der Waals surface area contributed by atoms with Crippen LogP contribution in [0.5, 0.6) is 0 Å². The Morgan fingerprint density at radius 1 is 1.04 bits per heavy atom. The fourth-order valence-electron chi connectivity index (χ4n) is 4.75. The predicted octanol–water partition coefficient (Wildman–Crippen LogP) is 2.80. The van der Waals surface area contributed by atoms with Crippen molar-refractivity contribution in [1.29, 1.82) is 0 Å². The number of H-pyrrole nitrogens is 1. The highest BCUT2D eigenvalue weighted by atomic mass is 16.3. The Kier molecular flexibility index (Phi) is 4.41. The number of aromatic nitrogens is 1. The smallest absolute Gasteiger partial charge is 0.256 e. The van der Waals surface area contributed by atoms with Crippen molar-refractivity contribution < 1.29 is 9.90 Å². The van der Waals surface area contributed by atoms with Crippen LogP contribution in [0.25, 0.3) is 10.9 Å². The van der Waals surface area contributed by atoms with Crippen LogP contribution in [0.4, 0.5) is 0 Å². The summed E-state index contributed by atoms with van der Waals surface area (Å²) in [6, 6.07) is 16.5. The number of amides is 1. The number of piperidine rings is 1. The quantitative estimate of drug-likeness (QED) is 0.724. The summed E-state index contributed by atoms with van der Waals surface area (Å²) >= 11 is 0. The number of β-amino-alcohol motifs (C(OH)–C–C–N with tert-alkyl or cyclic N) is 1. The van der Waals surface area contributed by atoms with Crippen molar-refractivity contribution in [3.8, 4) is 0 Å². The number of fused-ring (bicyclic) bond motifs is 2. The fourth-order valence-corrected chi connectivity index (χ4v) is 4.75. The topological polar surface area (TPSA) is 59.6 Å². The molecule has 1 fully saturated rings. The zero-order valence-corrected chi connectivity index (χ0v) is 15.8. The van der Waals surface area contributed by atoms with Crippen molar-refractivity contribution >= 4 is 16.8 Å². The summed E-state index contributed by atoms with van der Waals surface area (Å²) < 4.78 is 0. The second kappa shape index (κ2) is 7.08. The minimum absolute atomic E-state index is 0.000982. The molecule has 0 saturated carbocycles. The van der Waals surface area contributed by atoms with Crippen LogP contribution in [0, 0.1) is 0 Å². The van der Waals surface area contributed by atoms with Gasteiger partial charge in [-0.25, -0.2) is 0 Å². The van der Waals surface area contributed by atoms with Gasteiger partial charge < -0.3 is 15.0 Å². The van der Waals surface area contributed by atoms with Crippen LogP contribution < -0.4 is 0 Å². The number of aliphatic hydroxyl groups is 1. The van der Waals surface area contributed by atoms with Gasteiger partial charge in [0.2, 0.25) is 0 Å². The van der Waals surface area contributed by atoms with Crippen molar-refractivity contribution in [2.24, 2.45) is 0 Å². The molecule has 2 N–H and O–H groups in total. The molecule has 0 aliphatic carbocycles. The maximum Gasteiger partial charge on any atom is 0.256 e. The van der Waals surface area contributed by atoms with Gasteiger partial charge in [-0.1, -0.05) is 42.5 Å². The van der Waals surface area contributed by atoms with E-state index in [2.05, 4.69) is 34.1 Å². The van der Waals surface area contributed by atoms with E-state index in [9.17, 15) is 9.90 Å². The van der Waals surface area contributed by atoms with Crippen molar-refractivity contribution in [2.45, 2.75) is 31.5 Å². The molecule has 5 nitrogen and oxygen atoms in total. The highest BCUT2D eigenvalue weighted by molar-refractivity contribution is 6.06. The Morgan fingerprint density at radius 3 is 2.68 bits per heavy atom. The maximum absolute atomic E-state index is 13.0. The fraction of sp³-hybridized carbons (Fsp3) is 0.348. The van der Waals surface area contributed by atoms with Gasteiger partial charge in [0.1, 0.15) is 0 Å². The summed E-state index contributed by atoms with van der Waals surface area (Å²) in [5, 5.41) is 11.8. The number of aliphatic hydroxyl groups excluding tert-OH is 1. The number of nitrogens with one attached hydrogen (secondary N) is 1. The average molecular weight is 375 g/mol. The van der Waals surface area contributed by atoms with Gasteiger partial charge in [-0.2, -0.15) is 0 Å². The summed E-state index contributed by atoms with van der Waals surface area (Å²) in [5.74, 6) is -0.000982. The molecule has 2 aliphatic heterocycles. The minimum atomic E-state index is -0.520. The van der Waals surface area contributed by atoms with Crippen LogP contribution in [-0.4, -0.2) is 57.6 Å². The molecule has 1 aromatic heterocycles. The van der Waals surface area contributed by atoms with Crippen molar-refractivity contribution in [3.05, 3.63) is 71.4 Å². The third-order valence-corrected chi connectivity index (χ3v) is 6.28. The summed E-state index contributed by atoms with van der Waals surface area (Å²) in [4.78, 5) is 20.4. The molecule has 0 unspecified atom stereocenters. The molecule has 1 saturated heterocycles. The molecule has 28 heavy (non-hydrogen) atoms. The minimum Gasteiger partial charge on any atom is -0.390 e. The van der Waals surface area contributed by atoms with E-state index in [4.69, 9.17) is 0 Å². The molecule has 3 aromatic rings. The van der Waals surface area contributed by atoms with E-state index in [0.717, 1.165) is 36.8 Å². The third kappa shape index (κ3) is 3.01. The first-order valence-electron chi connectivity index (χ1n) is 10.0. The van der Waals surface area contributed by atoms with Crippen LogP contribution in [-0.2, 0) is 13.0 Å². The number of aromatic amines is 1. The number of carbonyl (C=O) groups excluding carboxylic acids is 1. The number of rotatable bonds is 2. The number of nitrogens with zero attached hydrogens (tertiary/aromatic N) is 2. The molecule has 0 radical (unpaired) electrons. The Balaban J connectivity index is 1.29. The number of benzene rings is 2. The summed E-state index contributed by atoms with van der Waals surface area (Å²) in [6.45, 7) is 2.92. The van der Waals surface area contributed by atoms with Gasteiger partial charge in [0.05, 0.1) is 11.7 Å². The predicted molar refractivity (Wildman–Crippen MR) is 109 cm³/mol. The van der Waals surface area contributed by atoms with Crippen LogP contribution in [0.15, 0.2) is 54.7 Å². The maximum atomic E-state index is 13.0. The lowest BCUT2D eigenvalue weighted by atomic mass is 9.94. The molecule has 2 atom stereocenters. The molecule has 2 aromatic carbocycles. The van der Waals surface area contributed by atoms with Gasteiger partial charge in [0.25, 0.3) is 5.91 Å². The summed E-state index contributed by atoms with van der Waals surface area (Å²) in [6.07, 6.45) is 3.09. The van der Waals surface area contributed by atoms with E-state index in [1.54, 1.807) is 11.1 Å². The van der Waals surface area contributed by atoms with Crippen molar-refractivity contribution in [2.75, 3.05) is 19.6 Å². The van der Waals surface area contributed by atoms with Gasteiger partial charge >= 0.3 is 0 Å². The normalized spacial score (nSPS) is 23.0. The first-order chi connectivity index (χ1) is 13.7. The zero-order chi connectivity index (χ0) is 19.1. The monoisotopic (exact) mass is 375 g/mol. The van der Waals surface area contributed by atoms with Gasteiger partial charge in [-0.3, -0.25) is 9.69 Å². The number of hydrogen-bond acceptors (Lipinski definition) is 3. The van der Waals surface area contributed by atoms with E-state index in [-0.39, 0.29) is 11.9 Å². The molecular formula is C23H25N3O2. The standard InChI is InChI=1S/C23H25N3O2/c27-22-15-26(23(28)19-13-24-20-8-4-3-7-18(19)20)12-10-21(22)25-11-9-16-5-1-2-6-17(16)14-25/h1-8,13,21-22,24,27H,9-12,14-15H2/t21-,22-/m1/s1. The summed E-state index contributed by atoms with van der Waals surface area (Å²) in [7, 11) is 0. The van der Waals surface area contributed by atoms with Gasteiger partial charge in [-0.05, 0) is 30.0 Å². The van der Waals surface area contributed by atoms with E-state index >= 15 is 0 Å². The zero-order valence-electron chi connectivity index (χ0n) is 15.8. The first-order valence-corrected chi connectivity index (χ1v) is 10.0. The number of carbonyl (C=O) groups is 1. The van der Waals surface area contributed by atoms with Crippen LogP contribution in [0.3, 0.4) is 0 Å². The SMILES string of the molecule is O=C(c1c[nH]c2ccccc12)N1CC[C@@H](N2CCc3ccccc3C2)[C@H](O)C1. The molecule has 5 heteroatoms. The van der Waals surface area contributed by atoms with Crippen LogP contribution in [0.1, 0.15) is 27.9 Å². The van der Waals surface area contributed by atoms with Crippen LogP contribution >= 0.6 is 0 Å². The van der Waals surface area contributed by atoms with E-state index in [0.29, 0.717) is 18.7 Å². The Bertz CT molecular complexity index is 1010. The van der Waals surface area contributed by atoms with Gasteiger partial charge in [-0.15, -0.1) is 0 Å². The lowest BCUT2D eigenvalue weighted by Gasteiger charge is -2.43. The molecule has 5 rings (SSSR count). The van der Waals surface area contributed by atoms with Crippen LogP contribution in [0.2, 0.25) is 0 Å². The van der Waals surface area contributed by atoms with Gasteiger partial charge in [0.15, 0.2) is 0 Å². The lowest BCUT2D eigenvalue weighted by molar-refractivity contribution is -0.0137. The lowest BCUT2D eigenvalue weighted by Crippen LogP contribution is -2.56. The second-order valence-electron chi connectivity index (χ2n) is 7.91. The molecule has 1 amide bonds. The highest BCUT2D eigenvalue weighted by Crippen LogP contribution is 2.27. The molecule has 0 spiro atoms. The molecular weight excluding hydrogens is 350 g/mol. The Labute approximate surface area is 164 Å². The first kappa shape index (κ1) is 17.5. The Morgan fingerprint density at radius 2 is 1.82 bits per heavy atom. The second-order valence-corrected chi connectivity index (χ2v) is 7.91. The third-order valence-electron chi connectivity index (χ3n) is 6.28. The van der Waals surface area contributed by atoms with E-state index in [1.165, 1.54) is 11.1 Å².